The van der Waals surface area contributed by atoms with Crippen molar-refractivity contribution >= 4 is 0 Å². The van der Waals surface area contributed by atoms with Crippen molar-refractivity contribution in [3.8, 4) is 5.75 Å². The number of rotatable bonds is 9. The number of hydrogen-bond donors (Lipinski definition) is 0. The van der Waals surface area contributed by atoms with Gasteiger partial charge in [-0.3, -0.25) is 4.90 Å². The molecule has 0 amide bonds. The van der Waals surface area contributed by atoms with Crippen LogP contribution in [0.5, 0.6) is 5.75 Å². The van der Waals surface area contributed by atoms with Crippen molar-refractivity contribution in [1.82, 2.24) is 4.90 Å². The number of ether oxygens (including phenoxy) is 4. The largest absolute Gasteiger partial charge is 0.491 e. The van der Waals surface area contributed by atoms with E-state index in [1.165, 1.54) is 5.56 Å². The Morgan fingerprint density at radius 2 is 1.67 bits per heavy atom. The normalized spacial score (nSPS) is 29.5. The second kappa shape index (κ2) is 5.93. The Morgan fingerprint density at radius 1 is 1.00 bits per heavy atom. The lowest BCUT2D eigenvalue weighted by molar-refractivity contribution is 0.212. The molecule has 4 rings (SSSR count). The molecule has 0 N–H and O–H groups in total. The van der Waals surface area contributed by atoms with Gasteiger partial charge in [0.25, 0.3) is 0 Å². The molecule has 1 aromatic carbocycles. The number of benzene rings is 1. The average molecular weight is 291 g/mol. The fraction of sp³-hybridized carbons (Fsp3) is 0.625. The SMILES string of the molecule is c1cc(CN(CC2CO2)CC2CO2)cc(OCC2CO2)c1. The van der Waals surface area contributed by atoms with Crippen LogP contribution < -0.4 is 4.74 Å². The Bertz CT molecular complexity index is 469. The number of nitrogens with zero attached hydrogens (tertiary/aromatic N) is 1. The van der Waals surface area contributed by atoms with Gasteiger partial charge in [-0.25, -0.2) is 0 Å². The summed E-state index contributed by atoms with van der Waals surface area (Å²) in [5.74, 6) is 0.924. The molecule has 114 valence electrons. The van der Waals surface area contributed by atoms with Crippen LogP contribution in [-0.4, -0.2) is 62.7 Å². The highest BCUT2D eigenvalue weighted by Gasteiger charge is 2.30. The highest BCUT2D eigenvalue weighted by Crippen LogP contribution is 2.21. The maximum absolute atomic E-state index is 5.75. The summed E-state index contributed by atoms with van der Waals surface area (Å²) in [6.45, 7) is 6.16. The van der Waals surface area contributed by atoms with E-state index in [0.29, 0.717) is 24.9 Å². The van der Waals surface area contributed by atoms with E-state index in [1.54, 1.807) is 0 Å². The molecule has 3 unspecified atom stereocenters. The lowest BCUT2D eigenvalue weighted by Gasteiger charge is -2.20. The summed E-state index contributed by atoms with van der Waals surface area (Å²) in [4.78, 5) is 2.42. The maximum atomic E-state index is 5.75. The van der Waals surface area contributed by atoms with Gasteiger partial charge in [0, 0.05) is 19.6 Å². The fourth-order valence-electron chi connectivity index (χ4n) is 2.47. The van der Waals surface area contributed by atoms with Crippen LogP contribution >= 0.6 is 0 Å². The predicted octanol–water partition coefficient (Wildman–Crippen LogP) is 1.06. The zero-order valence-corrected chi connectivity index (χ0v) is 12.1. The molecule has 5 nitrogen and oxygen atoms in total. The van der Waals surface area contributed by atoms with Crippen molar-refractivity contribution in [1.29, 1.82) is 0 Å². The predicted molar refractivity (Wildman–Crippen MR) is 76.4 cm³/mol. The maximum Gasteiger partial charge on any atom is 0.119 e. The van der Waals surface area contributed by atoms with E-state index in [1.807, 2.05) is 6.07 Å². The summed E-state index contributed by atoms with van der Waals surface area (Å²) < 4.78 is 21.6. The van der Waals surface area contributed by atoms with Crippen LogP contribution in [0.2, 0.25) is 0 Å². The van der Waals surface area contributed by atoms with E-state index in [2.05, 4.69) is 23.1 Å². The van der Waals surface area contributed by atoms with Crippen molar-refractivity contribution in [3.63, 3.8) is 0 Å². The first kappa shape index (κ1) is 13.5. The van der Waals surface area contributed by atoms with Crippen molar-refractivity contribution < 1.29 is 18.9 Å². The van der Waals surface area contributed by atoms with Gasteiger partial charge in [-0.15, -0.1) is 0 Å². The molecule has 3 aliphatic rings. The Morgan fingerprint density at radius 3 is 2.29 bits per heavy atom. The van der Waals surface area contributed by atoms with Gasteiger partial charge < -0.3 is 18.9 Å². The van der Waals surface area contributed by atoms with E-state index < -0.39 is 0 Å². The highest BCUT2D eigenvalue weighted by atomic mass is 16.6. The zero-order valence-electron chi connectivity index (χ0n) is 12.1. The second-order valence-electron chi connectivity index (χ2n) is 6.02. The third-order valence-electron chi connectivity index (χ3n) is 3.87. The molecule has 1 aromatic rings. The smallest absolute Gasteiger partial charge is 0.119 e. The molecule has 3 saturated heterocycles. The Hall–Kier alpha value is -1.14. The van der Waals surface area contributed by atoms with Crippen molar-refractivity contribution in [2.45, 2.75) is 24.9 Å². The third kappa shape index (κ3) is 4.41. The first-order chi connectivity index (χ1) is 10.3. The molecule has 0 spiro atoms. The summed E-state index contributed by atoms with van der Waals surface area (Å²) in [5.41, 5.74) is 1.27. The van der Waals surface area contributed by atoms with Crippen molar-refractivity contribution in [3.05, 3.63) is 29.8 Å². The van der Waals surface area contributed by atoms with Crippen LogP contribution in [0, 0.1) is 0 Å². The van der Waals surface area contributed by atoms with E-state index in [0.717, 1.165) is 45.2 Å². The van der Waals surface area contributed by atoms with Crippen molar-refractivity contribution in [2.24, 2.45) is 0 Å². The van der Waals surface area contributed by atoms with Gasteiger partial charge in [-0.2, -0.15) is 0 Å². The van der Waals surface area contributed by atoms with Crippen LogP contribution in [0.3, 0.4) is 0 Å². The standard InChI is InChI=1S/C16H21NO4/c1-2-12(4-13(3-1)18-10-16-11-21-16)5-17(6-14-8-19-14)7-15-9-20-15/h1-4,14-16H,5-11H2. The lowest BCUT2D eigenvalue weighted by atomic mass is 10.2. The molecule has 0 aromatic heterocycles. The minimum atomic E-state index is 0.296. The molecule has 0 aliphatic carbocycles. The van der Waals surface area contributed by atoms with E-state index >= 15 is 0 Å². The average Bonchev–Trinajstić information content (AvgIpc) is 3.34. The molecule has 0 bridgehead atoms. The number of hydrogen-bond acceptors (Lipinski definition) is 5. The quantitative estimate of drug-likeness (QED) is 0.637. The first-order valence-electron chi connectivity index (χ1n) is 7.64. The Labute approximate surface area is 124 Å². The summed E-state index contributed by atoms with van der Waals surface area (Å²) in [6, 6.07) is 8.33. The molecule has 3 atom stereocenters. The lowest BCUT2D eigenvalue weighted by Crippen LogP contribution is -2.31. The Kier molecular flexibility index (Phi) is 3.82. The summed E-state index contributed by atoms with van der Waals surface area (Å²) in [6.07, 6.45) is 1.12. The monoisotopic (exact) mass is 291 g/mol. The van der Waals surface area contributed by atoms with E-state index in [-0.39, 0.29) is 0 Å². The molecule has 3 fully saturated rings. The molecule has 21 heavy (non-hydrogen) atoms. The van der Waals surface area contributed by atoms with Gasteiger partial charge in [0.2, 0.25) is 0 Å². The van der Waals surface area contributed by atoms with Gasteiger partial charge in [0.15, 0.2) is 0 Å². The van der Waals surface area contributed by atoms with Gasteiger partial charge in [0.05, 0.1) is 32.0 Å². The molecule has 3 heterocycles. The van der Waals surface area contributed by atoms with Crippen LogP contribution in [0.15, 0.2) is 24.3 Å². The summed E-state index contributed by atoms with van der Waals surface area (Å²) >= 11 is 0. The van der Waals surface area contributed by atoms with Gasteiger partial charge in [0.1, 0.15) is 18.5 Å². The first-order valence-corrected chi connectivity index (χ1v) is 7.64. The summed E-state index contributed by atoms with van der Waals surface area (Å²) in [7, 11) is 0. The van der Waals surface area contributed by atoms with Crippen LogP contribution in [0.25, 0.3) is 0 Å². The Balaban J connectivity index is 1.34. The topological polar surface area (TPSA) is 50.1 Å². The van der Waals surface area contributed by atoms with Crippen LogP contribution in [0.4, 0.5) is 0 Å². The fourth-order valence-corrected chi connectivity index (χ4v) is 2.47. The third-order valence-corrected chi connectivity index (χ3v) is 3.87. The molecule has 0 radical (unpaired) electrons. The minimum absolute atomic E-state index is 0.296. The van der Waals surface area contributed by atoms with E-state index in [4.69, 9.17) is 18.9 Å². The number of epoxide rings is 3. The summed E-state index contributed by atoms with van der Waals surface area (Å²) in [5, 5.41) is 0. The minimum Gasteiger partial charge on any atom is -0.491 e. The molecule has 3 aliphatic heterocycles. The van der Waals surface area contributed by atoms with Crippen LogP contribution in [0.1, 0.15) is 5.56 Å². The van der Waals surface area contributed by atoms with Gasteiger partial charge >= 0.3 is 0 Å². The second-order valence-corrected chi connectivity index (χ2v) is 6.02. The molecular weight excluding hydrogens is 270 g/mol. The van der Waals surface area contributed by atoms with E-state index in [9.17, 15) is 0 Å². The zero-order chi connectivity index (χ0) is 14.1. The van der Waals surface area contributed by atoms with Crippen molar-refractivity contribution in [2.75, 3.05) is 39.5 Å². The van der Waals surface area contributed by atoms with Crippen LogP contribution in [-0.2, 0) is 20.8 Å². The molecule has 5 heteroatoms. The van der Waals surface area contributed by atoms with Gasteiger partial charge in [-0.1, -0.05) is 12.1 Å². The van der Waals surface area contributed by atoms with Gasteiger partial charge in [-0.05, 0) is 17.7 Å². The molecule has 0 saturated carbocycles. The molecular formula is C16H21NO4. The highest BCUT2D eigenvalue weighted by molar-refractivity contribution is 5.28.